The fourth-order valence-electron chi connectivity index (χ4n) is 4.71. The standard InChI is InChI=1S/C23H23FN4O2/c24-11-15-28-19-8-4-12-25-22(19)27-13-5-9-20(27)23(28)10-14-26(17-23)21(29)16-30-18-6-2-1-3-7-18/h1-9,12-13H,10-11,14-17H2. The molecule has 7 heteroatoms. The van der Waals surface area contributed by atoms with Crippen LogP contribution in [0.25, 0.3) is 5.82 Å². The van der Waals surface area contributed by atoms with E-state index in [9.17, 15) is 9.18 Å². The Morgan fingerprint density at radius 3 is 2.83 bits per heavy atom. The minimum atomic E-state index is -0.478. The number of benzene rings is 1. The Labute approximate surface area is 174 Å². The van der Waals surface area contributed by atoms with Gasteiger partial charge in [0.25, 0.3) is 5.91 Å². The van der Waals surface area contributed by atoms with E-state index in [0.29, 0.717) is 18.8 Å². The third kappa shape index (κ3) is 2.93. The zero-order chi connectivity index (χ0) is 20.6. The third-order valence-electron chi connectivity index (χ3n) is 6.04. The highest BCUT2D eigenvalue weighted by Crippen LogP contribution is 2.46. The van der Waals surface area contributed by atoms with Crippen LogP contribution in [0.4, 0.5) is 10.1 Å². The van der Waals surface area contributed by atoms with Crippen LogP contribution >= 0.6 is 0 Å². The number of pyridine rings is 1. The van der Waals surface area contributed by atoms with Crippen molar-refractivity contribution in [3.8, 4) is 11.6 Å². The molecule has 0 N–H and O–H groups in total. The van der Waals surface area contributed by atoms with Gasteiger partial charge in [-0.15, -0.1) is 0 Å². The maximum atomic E-state index is 13.6. The van der Waals surface area contributed by atoms with Gasteiger partial charge in [0.05, 0.1) is 11.4 Å². The van der Waals surface area contributed by atoms with Crippen molar-refractivity contribution in [1.29, 1.82) is 0 Å². The van der Waals surface area contributed by atoms with Crippen molar-refractivity contribution in [2.45, 2.75) is 12.0 Å². The molecule has 2 aromatic heterocycles. The van der Waals surface area contributed by atoms with Crippen LogP contribution in [0.5, 0.6) is 5.75 Å². The zero-order valence-corrected chi connectivity index (χ0v) is 16.6. The van der Waals surface area contributed by atoms with E-state index in [1.807, 2.05) is 59.6 Å². The van der Waals surface area contributed by atoms with Crippen LogP contribution in [-0.4, -0.2) is 53.3 Å². The Morgan fingerprint density at radius 1 is 1.13 bits per heavy atom. The lowest BCUT2D eigenvalue weighted by atomic mass is 9.89. The predicted octanol–water partition coefficient (Wildman–Crippen LogP) is 3.17. The van der Waals surface area contributed by atoms with Crippen LogP contribution < -0.4 is 9.64 Å². The summed E-state index contributed by atoms with van der Waals surface area (Å²) in [6.07, 6.45) is 4.46. The quantitative estimate of drug-likeness (QED) is 0.653. The Kier molecular flexibility index (Phi) is 4.65. The summed E-state index contributed by atoms with van der Waals surface area (Å²) >= 11 is 0. The summed E-state index contributed by atoms with van der Waals surface area (Å²) in [7, 11) is 0. The highest BCUT2D eigenvalue weighted by Gasteiger charge is 2.50. The SMILES string of the molecule is O=C(COc1ccccc1)N1CCC2(C1)c1cccn1-c1ncccc1N2CCF. The predicted molar refractivity (Wildman–Crippen MR) is 112 cm³/mol. The number of halogens is 1. The van der Waals surface area contributed by atoms with Crippen LogP contribution in [0.2, 0.25) is 0 Å². The van der Waals surface area contributed by atoms with Gasteiger partial charge in [-0.3, -0.25) is 4.79 Å². The summed E-state index contributed by atoms with van der Waals surface area (Å²) in [5.74, 6) is 1.41. The Morgan fingerprint density at radius 2 is 2.00 bits per heavy atom. The van der Waals surface area contributed by atoms with Crippen LogP contribution in [0.3, 0.4) is 0 Å². The summed E-state index contributed by atoms with van der Waals surface area (Å²) in [6.45, 7) is 0.861. The molecule has 5 rings (SSSR count). The molecule has 0 radical (unpaired) electrons. The molecule has 1 fully saturated rings. The van der Waals surface area contributed by atoms with Gasteiger partial charge >= 0.3 is 0 Å². The van der Waals surface area contributed by atoms with Crippen LogP contribution in [0.15, 0.2) is 67.0 Å². The fraction of sp³-hybridized carbons (Fsp3) is 0.304. The lowest BCUT2D eigenvalue weighted by Gasteiger charge is -2.46. The molecule has 3 aromatic rings. The Balaban J connectivity index is 1.43. The summed E-state index contributed by atoms with van der Waals surface area (Å²) in [5, 5.41) is 0. The molecule has 4 heterocycles. The average molecular weight is 406 g/mol. The summed E-state index contributed by atoms with van der Waals surface area (Å²) in [6, 6.07) is 17.2. The number of hydrogen-bond donors (Lipinski definition) is 0. The number of hydrogen-bond acceptors (Lipinski definition) is 4. The molecule has 154 valence electrons. The van der Waals surface area contributed by atoms with Crippen molar-refractivity contribution in [2.24, 2.45) is 0 Å². The van der Waals surface area contributed by atoms with Crippen LogP contribution in [0, 0.1) is 0 Å². The van der Waals surface area contributed by atoms with Crippen molar-refractivity contribution in [1.82, 2.24) is 14.5 Å². The lowest BCUT2D eigenvalue weighted by Crippen LogP contribution is -2.53. The molecule has 1 unspecified atom stereocenters. The monoisotopic (exact) mass is 406 g/mol. The first-order valence-electron chi connectivity index (χ1n) is 10.2. The van der Waals surface area contributed by atoms with E-state index in [1.165, 1.54) is 0 Å². The van der Waals surface area contributed by atoms with Gasteiger partial charge in [0, 0.05) is 32.0 Å². The Bertz CT molecular complexity index is 1050. The second-order valence-electron chi connectivity index (χ2n) is 7.65. The first-order valence-corrected chi connectivity index (χ1v) is 10.2. The van der Waals surface area contributed by atoms with Crippen molar-refractivity contribution in [3.63, 3.8) is 0 Å². The van der Waals surface area contributed by atoms with Gasteiger partial charge in [0.1, 0.15) is 18.0 Å². The van der Waals surface area contributed by atoms with E-state index in [4.69, 9.17) is 4.74 Å². The Hall–Kier alpha value is -3.35. The molecule has 1 atom stereocenters. The van der Waals surface area contributed by atoms with E-state index in [1.54, 1.807) is 6.20 Å². The number of para-hydroxylation sites is 1. The van der Waals surface area contributed by atoms with Gasteiger partial charge in [0.2, 0.25) is 0 Å². The summed E-state index contributed by atoms with van der Waals surface area (Å²) < 4.78 is 21.3. The first kappa shape index (κ1) is 18.7. The molecule has 30 heavy (non-hydrogen) atoms. The number of amides is 1. The van der Waals surface area contributed by atoms with Crippen LogP contribution in [-0.2, 0) is 10.3 Å². The number of ether oxygens (including phenoxy) is 1. The lowest BCUT2D eigenvalue weighted by molar-refractivity contribution is -0.132. The van der Waals surface area contributed by atoms with Gasteiger partial charge in [0.15, 0.2) is 12.4 Å². The van der Waals surface area contributed by atoms with Gasteiger partial charge < -0.3 is 19.1 Å². The first-order chi connectivity index (χ1) is 14.7. The highest BCUT2D eigenvalue weighted by atomic mass is 19.1. The largest absolute Gasteiger partial charge is 0.484 e. The summed E-state index contributed by atoms with van der Waals surface area (Å²) in [4.78, 5) is 21.3. The second-order valence-corrected chi connectivity index (χ2v) is 7.65. The second kappa shape index (κ2) is 7.48. The normalized spacial score (nSPS) is 19.6. The van der Waals surface area contributed by atoms with E-state index in [2.05, 4.69) is 20.5 Å². The molecule has 2 aliphatic heterocycles. The van der Waals surface area contributed by atoms with Crippen molar-refractivity contribution < 1.29 is 13.9 Å². The summed E-state index contributed by atoms with van der Waals surface area (Å²) in [5.41, 5.74) is 1.46. The van der Waals surface area contributed by atoms with Crippen molar-refractivity contribution >= 4 is 11.6 Å². The third-order valence-corrected chi connectivity index (χ3v) is 6.04. The van der Waals surface area contributed by atoms with Gasteiger partial charge in [-0.1, -0.05) is 18.2 Å². The maximum absolute atomic E-state index is 13.6. The minimum Gasteiger partial charge on any atom is -0.484 e. The average Bonchev–Trinajstić information content (AvgIpc) is 3.45. The number of anilines is 1. The number of aromatic nitrogens is 2. The van der Waals surface area contributed by atoms with Crippen molar-refractivity contribution in [2.75, 3.05) is 37.8 Å². The number of fused-ring (bicyclic) bond motifs is 4. The molecular weight excluding hydrogens is 383 g/mol. The molecular formula is C23H23FN4O2. The van der Waals surface area contributed by atoms with Crippen molar-refractivity contribution in [3.05, 3.63) is 72.7 Å². The number of alkyl halides is 1. The number of nitrogens with zero attached hydrogens (tertiary/aromatic N) is 4. The molecule has 0 saturated carbocycles. The van der Waals surface area contributed by atoms with Gasteiger partial charge in [-0.2, -0.15) is 0 Å². The number of carbonyl (C=O) groups excluding carboxylic acids is 1. The molecule has 1 amide bonds. The fourth-order valence-corrected chi connectivity index (χ4v) is 4.71. The molecule has 6 nitrogen and oxygen atoms in total. The molecule has 1 spiro atoms. The van der Waals surface area contributed by atoms with E-state index >= 15 is 0 Å². The zero-order valence-electron chi connectivity index (χ0n) is 16.6. The molecule has 0 bridgehead atoms. The van der Waals surface area contributed by atoms with Crippen LogP contribution in [0.1, 0.15) is 12.1 Å². The topological polar surface area (TPSA) is 50.6 Å². The van der Waals surface area contributed by atoms with Gasteiger partial charge in [-0.25, -0.2) is 9.37 Å². The molecule has 0 aliphatic carbocycles. The number of likely N-dealkylation sites (tertiary alicyclic amines) is 1. The highest BCUT2D eigenvalue weighted by molar-refractivity contribution is 5.79. The number of rotatable bonds is 5. The van der Waals surface area contributed by atoms with E-state index in [0.717, 1.165) is 23.6 Å². The van der Waals surface area contributed by atoms with E-state index < -0.39 is 12.2 Å². The molecule has 2 aliphatic rings. The smallest absolute Gasteiger partial charge is 0.260 e. The molecule has 1 saturated heterocycles. The molecule has 1 aromatic carbocycles. The van der Waals surface area contributed by atoms with Gasteiger partial charge in [-0.05, 0) is 42.8 Å². The maximum Gasteiger partial charge on any atom is 0.260 e. The minimum absolute atomic E-state index is 0.0115. The van der Waals surface area contributed by atoms with E-state index in [-0.39, 0.29) is 19.1 Å². The number of carbonyl (C=O) groups is 1.